The first-order chi connectivity index (χ1) is 9.75. The summed E-state index contributed by atoms with van der Waals surface area (Å²) >= 11 is 0. The third kappa shape index (κ3) is 7.42. The first-order valence-electron chi connectivity index (χ1n) is 7.09. The zero-order valence-corrected chi connectivity index (χ0v) is 14.1. The third-order valence-corrected chi connectivity index (χ3v) is 3.46. The van der Waals surface area contributed by atoms with Gasteiger partial charge in [-0.25, -0.2) is 4.79 Å². The van der Waals surface area contributed by atoms with Gasteiger partial charge in [0.1, 0.15) is 0 Å². The first kappa shape index (κ1) is 21.1. The number of carboxylic acid groups (broad SMARTS) is 1. The second-order valence-electron chi connectivity index (χ2n) is 4.99. The monoisotopic (exact) mass is 350 g/mol. The van der Waals surface area contributed by atoms with Crippen LogP contribution in [0.1, 0.15) is 22.3 Å². The van der Waals surface area contributed by atoms with E-state index in [2.05, 4.69) is 10.2 Å². The van der Waals surface area contributed by atoms with E-state index in [-0.39, 0.29) is 24.8 Å². The van der Waals surface area contributed by atoms with Crippen LogP contribution in [-0.4, -0.2) is 55.4 Å². The number of hydrogen-bond donors (Lipinski definition) is 2. The van der Waals surface area contributed by atoms with Gasteiger partial charge in [-0.05, 0) is 37.2 Å². The number of carboxylic acids is 1. The summed E-state index contributed by atoms with van der Waals surface area (Å²) in [6, 6.07) is 7.01. The highest BCUT2D eigenvalue weighted by Crippen LogP contribution is 2.04. The van der Waals surface area contributed by atoms with Crippen molar-refractivity contribution in [2.45, 2.75) is 13.0 Å². The van der Waals surface area contributed by atoms with Crippen LogP contribution in [0.5, 0.6) is 0 Å². The number of benzene rings is 1. The number of nitrogens with one attached hydrogen (secondary N) is 1. The van der Waals surface area contributed by atoms with Crippen LogP contribution in [0.15, 0.2) is 24.3 Å². The van der Waals surface area contributed by atoms with Crippen molar-refractivity contribution >= 4 is 30.8 Å². The molecule has 0 saturated carbocycles. The van der Waals surface area contributed by atoms with Crippen molar-refractivity contribution in [3.63, 3.8) is 0 Å². The van der Waals surface area contributed by atoms with Crippen LogP contribution >= 0.6 is 24.8 Å². The lowest BCUT2D eigenvalue weighted by molar-refractivity contribution is 0.0374. The number of hydrogen-bond acceptors (Lipinski definition) is 4. The maximum absolute atomic E-state index is 10.7. The number of carbonyl (C=O) groups is 1. The molecule has 0 amide bonds. The molecule has 0 aromatic heterocycles. The second-order valence-corrected chi connectivity index (χ2v) is 4.99. The molecule has 0 bridgehead atoms. The molecule has 1 aliphatic heterocycles. The SMILES string of the molecule is Cl.Cl.O=C(O)c1ccc(CNCCCN2CCOCC2)cc1. The maximum atomic E-state index is 10.7. The van der Waals surface area contributed by atoms with Gasteiger partial charge in [-0.15, -0.1) is 24.8 Å². The number of aromatic carboxylic acids is 1. The van der Waals surface area contributed by atoms with Gasteiger partial charge in [0.05, 0.1) is 18.8 Å². The number of halogens is 2. The Morgan fingerprint density at radius 1 is 1.18 bits per heavy atom. The van der Waals surface area contributed by atoms with Gasteiger partial charge in [0.25, 0.3) is 0 Å². The summed E-state index contributed by atoms with van der Waals surface area (Å²) in [6.45, 7) is 6.63. The van der Waals surface area contributed by atoms with E-state index in [1.165, 1.54) is 0 Å². The zero-order chi connectivity index (χ0) is 14.2. The topological polar surface area (TPSA) is 61.8 Å². The van der Waals surface area contributed by atoms with Crippen molar-refractivity contribution in [2.24, 2.45) is 0 Å². The predicted molar refractivity (Wildman–Crippen MR) is 91.5 cm³/mol. The summed E-state index contributed by atoms with van der Waals surface area (Å²) in [6.07, 6.45) is 1.12. The normalized spacial score (nSPS) is 14.7. The van der Waals surface area contributed by atoms with E-state index in [9.17, 15) is 4.79 Å². The lowest BCUT2D eigenvalue weighted by Gasteiger charge is -2.26. The van der Waals surface area contributed by atoms with Crippen molar-refractivity contribution in [2.75, 3.05) is 39.4 Å². The number of ether oxygens (including phenoxy) is 1. The molecule has 1 fully saturated rings. The largest absolute Gasteiger partial charge is 0.478 e. The van der Waals surface area contributed by atoms with Gasteiger partial charge in [0.15, 0.2) is 0 Å². The fraction of sp³-hybridized carbons (Fsp3) is 0.533. The molecule has 0 unspecified atom stereocenters. The van der Waals surface area contributed by atoms with E-state index in [0.717, 1.165) is 57.9 Å². The minimum atomic E-state index is -0.880. The van der Waals surface area contributed by atoms with E-state index in [0.29, 0.717) is 5.56 Å². The van der Waals surface area contributed by atoms with Crippen molar-refractivity contribution in [3.8, 4) is 0 Å². The standard InChI is InChI=1S/C15H22N2O3.2ClH/c18-15(19)14-4-2-13(3-5-14)12-16-6-1-7-17-8-10-20-11-9-17;;/h2-5,16H,1,6-12H2,(H,18,19);2*1H. The van der Waals surface area contributed by atoms with Crippen molar-refractivity contribution in [3.05, 3.63) is 35.4 Å². The van der Waals surface area contributed by atoms with Crippen LogP contribution in [0.25, 0.3) is 0 Å². The van der Waals surface area contributed by atoms with Crippen LogP contribution in [-0.2, 0) is 11.3 Å². The molecule has 1 saturated heterocycles. The Morgan fingerprint density at radius 2 is 1.82 bits per heavy atom. The molecule has 1 heterocycles. The molecule has 22 heavy (non-hydrogen) atoms. The van der Waals surface area contributed by atoms with Gasteiger partial charge in [-0.3, -0.25) is 4.90 Å². The molecule has 0 atom stereocenters. The fourth-order valence-corrected chi connectivity index (χ4v) is 2.25. The van der Waals surface area contributed by atoms with Gasteiger partial charge in [0.2, 0.25) is 0 Å². The number of morpholine rings is 1. The van der Waals surface area contributed by atoms with Crippen molar-refractivity contribution in [1.29, 1.82) is 0 Å². The van der Waals surface area contributed by atoms with Crippen LogP contribution in [0, 0.1) is 0 Å². The number of rotatable bonds is 7. The molecule has 2 N–H and O–H groups in total. The highest BCUT2D eigenvalue weighted by atomic mass is 35.5. The summed E-state index contributed by atoms with van der Waals surface area (Å²) in [5.74, 6) is -0.880. The quantitative estimate of drug-likeness (QED) is 0.737. The van der Waals surface area contributed by atoms with Crippen LogP contribution < -0.4 is 5.32 Å². The Labute approximate surface area is 143 Å². The highest BCUT2D eigenvalue weighted by Gasteiger charge is 2.08. The lowest BCUT2D eigenvalue weighted by Crippen LogP contribution is -2.37. The Hall–Kier alpha value is -0.850. The summed E-state index contributed by atoms with van der Waals surface area (Å²) in [4.78, 5) is 13.2. The lowest BCUT2D eigenvalue weighted by atomic mass is 10.1. The van der Waals surface area contributed by atoms with Gasteiger partial charge >= 0.3 is 5.97 Å². The van der Waals surface area contributed by atoms with E-state index < -0.39 is 5.97 Å². The van der Waals surface area contributed by atoms with E-state index >= 15 is 0 Å². The maximum Gasteiger partial charge on any atom is 0.335 e. The second kappa shape index (κ2) is 11.7. The van der Waals surface area contributed by atoms with Crippen LogP contribution in [0.4, 0.5) is 0 Å². The van der Waals surface area contributed by atoms with Crippen LogP contribution in [0.2, 0.25) is 0 Å². The Morgan fingerprint density at radius 3 is 2.41 bits per heavy atom. The summed E-state index contributed by atoms with van der Waals surface area (Å²) in [5.41, 5.74) is 1.45. The molecule has 1 aromatic carbocycles. The molecule has 1 aromatic rings. The summed E-state index contributed by atoms with van der Waals surface area (Å²) in [5, 5.41) is 12.2. The van der Waals surface area contributed by atoms with E-state index in [1.807, 2.05) is 12.1 Å². The Kier molecular flexibility index (Phi) is 11.2. The average molecular weight is 351 g/mol. The molecular formula is C15H24Cl2N2O3. The van der Waals surface area contributed by atoms with Gasteiger partial charge in [0, 0.05) is 19.6 Å². The fourth-order valence-electron chi connectivity index (χ4n) is 2.25. The minimum absolute atomic E-state index is 0. The molecule has 0 aliphatic carbocycles. The highest BCUT2D eigenvalue weighted by molar-refractivity contribution is 5.87. The first-order valence-corrected chi connectivity index (χ1v) is 7.09. The number of nitrogens with zero attached hydrogens (tertiary/aromatic N) is 1. The van der Waals surface area contributed by atoms with Gasteiger partial charge in [-0.2, -0.15) is 0 Å². The van der Waals surface area contributed by atoms with Gasteiger partial charge in [-0.1, -0.05) is 12.1 Å². The third-order valence-electron chi connectivity index (χ3n) is 3.46. The Bertz CT molecular complexity index is 423. The molecular weight excluding hydrogens is 327 g/mol. The molecule has 1 aliphatic rings. The molecule has 2 rings (SSSR count). The molecule has 5 nitrogen and oxygen atoms in total. The molecule has 126 valence electrons. The van der Waals surface area contributed by atoms with Crippen molar-refractivity contribution in [1.82, 2.24) is 10.2 Å². The smallest absolute Gasteiger partial charge is 0.335 e. The summed E-state index contributed by atoms with van der Waals surface area (Å²) < 4.78 is 5.31. The predicted octanol–water partition coefficient (Wildman–Crippen LogP) is 2.04. The zero-order valence-electron chi connectivity index (χ0n) is 12.5. The van der Waals surface area contributed by atoms with E-state index in [4.69, 9.17) is 9.84 Å². The molecule has 0 radical (unpaired) electrons. The van der Waals surface area contributed by atoms with E-state index in [1.54, 1.807) is 12.1 Å². The van der Waals surface area contributed by atoms with Gasteiger partial charge < -0.3 is 15.2 Å². The molecule has 7 heteroatoms. The Balaban J connectivity index is 0.00000220. The molecule has 0 spiro atoms. The minimum Gasteiger partial charge on any atom is -0.478 e. The van der Waals surface area contributed by atoms with Crippen LogP contribution in [0.3, 0.4) is 0 Å². The summed E-state index contributed by atoms with van der Waals surface area (Å²) in [7, 11) is 0. The van der Waals surface area contributed by atoms with Crippen molar-refractivity contribution < 1.29 is 14.6 Å². The average Bonchev–Trinajstić information content (AvgIpc) is 2.48.